The molecular formula is C26H17N3O. The van der Waals surface area contributed by atoms with Gasteiger partial charge in [0.2, 0.25) is 0 Å². The number of rotatable bonds is 3. The van der Waals surface area contributed by atoms with E-state index in [4.69, 9.17) is 0 Å². The highest BCUT2D eigenvalue weighted by Crippen LogP contribution is 2.37. The number of ketones is 1. The van der Waals surface area contributed by atoms with Gasteiger partial charge < -0.3 is 4.57 Å². The van der Waals surface area contributed by atoms with Crippen LogP contribution >= 0.6 is 0 Å². The van der Waals surface area contributed by atoms with Crippen LogP contribution in [0.2, 0.25) is 0 Å². The van der Waals surface area contributed by atoms with Crippen molar-refractivity contribution in [2.75, 3.05) is 0 Å². The van der Waals surface area contributed by atoms with Gasteiger partial charge in [0, 0.05) is 39.9 Å². The molecule has 0 fully saturated rings. The molecule has 3 aromatic carbocycles. The molecule has 0 unspecified atom stereocenters. The summed E-state index contributed by atoms with van der Waals surface area (Å²) in [5.41, 5.74) is 5.76. The van der Waals surface area contributed by atoms with Crippen LogP contribution in [0, 0.1) is 11.3 Å². The number of benzene rings is 3. The lowest BCUT2D eigenvalue weighted by Gasteiger charge is -2.16. The number of carbonyl (C=O) groups excluding carboxylic acids is 1. The molecule has 0 spiro atoms. The zero-order chi connectivity index (χ0) is 20.7. The van der Waals surface area contributed by atoms with E-state index < -0.39 is 0 Å². The van der Waals surface area contributed by atoms with Gasteiger partial charge in [0.25, 0.3) is 0 Å². The summed E-state index contributed by atoms with van der Waals surface area (Å²) in [6, 6.07) is 26.2. The molecule has 142 valence electrons. The largest absolute Gasteiger partial charge is 0.309 e. The fourth-order valence-electron chi connectivity index (χ4n) is 4.06. The Balaban J connectivity index is 1.95. The van der Waals surface area contributed by atoms with Gasteiger partial charge in [-0.2, -0.15) is 5.26 Å². The lowest BCUT2D eigenvalue weighted by molar-refractivity contribution is 0.101. The van der Waals surface area contributed by atoms with Crippen LogP contribution < -0.4 is 0 Å². The van der Waals surface area contributed by atoms with E-state index in [1.807, 2.05) is 48.5 Å². The number of hydrogen-bond donors (Lipinski definition) is 0. The number of nitriles is 1. The number of pyridine rings is 1. The molecular weight excluding hydrogens is 370 g/mol. The third kappa shape index (κ3) is 2.68. The second kappa shape index (κ2) is 6.98. The fraction of sp³-hybridized carbons (Fsp3) is 0.0385. The van der Waals surface area contributed by atoms with E-state index in [0.717, 1.165) is 38.6 Å². The number of nitrogens with zero attached hydrogens (tertiary/aromatic N) is 3. The summed E-state index contributed by atoms with van der Waals surface area (Å²) in [4.78, 5) is 16.3. The van der Waals surface area contributed by atoms with Crippen LogP contribution in [-0.4, -0.2) is 15.3 Å². The molecule has 0 aliphatic carbocycles. The normalized spacial score (nSPS) is 10.9. The van der Waals surface area contributed by atoms with Crippen molar-refractivity contribution >= 4 is 27.6 Å². The smallest absolute Gasteiger partial charge is 0.159 e. The molecule has 30 heavy (non-hydrogen) atoms. The Hall–Kier alpha value is -4.23. The van der Waals surface area contributed by atoms with E-state index in [0.29, 0.717) is 11.1 Å². The van der Waals surface area contributed by atoms with Gasteiger partial charge in [-0.1, -0.05) is 48.5 Å². The first-order chi connectivity index (χ1) is 14.7. The first kappa shape index (κ1) is 17.8. The third-order valence-corrected chi connectivity index (χ3v) is 5.46. The van der Waals surface area contributed by atoms with Crippen LogP contribution in [0.1, 0.15) is 22.8 Å². The molecule has 0 atom stereocenters. The van der Waals surface area contributed by atoms with Crippen LogP contribution in [0.5, 0.6) is 0 Å². The maximum absolute atomic E-state index is 12.2. The van der Waals surface area contributed by atoms with Crippen molar-refractivity contribution < 1.29 is 4.79 Å². The SMILES string of the molecule is CC(=O)c1ccc(-c2ccncc2C#N)c(-n2c3ccccc3c3ccccc32)c1. The molecule has 0 saturated carbocycles. The first-order valence-electron chi connectivity index (χ1n) is 9.67. The highest BCUT2D eigenvalue weighted by Gasteiger charge is 2.18. The van der Waals surface area contributed by atoms with E-state index in [-0.39, 0.29) is 5.78 Å². The molecule has 5 aromatic rings. The van der Waals surface area contributed by atoms with Crippen molar-refractivity contribution in [1.82, 2.24) is 9.55 Å². The molecule has 4 nitrogen and oxygen atoms in total. The second-order valence-corrected chi connectivity index (χ2v) is 7.19. The average Bonchev–Trinajstić information content (AvgIpc) is 3.13. The van der Waals surface area contributed by atoms with Gasteiger partial charge in [0.15, 0.2) is 5.78 Å². The van der Waals surface area contributed by atoms with Crippen LogP contribution in [0.25, 0.3) is 38.6 Å². The summed E-state index contributed by atoms with van der Waals surface area (Å²) in [7, 11) is 0. The number of Topliss-reactive ketones (excluding diaryl/α,β-unsaturated/α-hetero) is 1. The van der Waals surface area contributed by atoms with E-state index >= 15 is 0 Å². The lowest BCUT2D eigenvalue weighted by Crippen LogP contribution is -2.02. The first-order valence-corrected chi connectivity index (χ1v) is 9.67. The minimum Gasteiger partial charge on any atom is -0.309 e. The van der Waals surface area contributed by atoms with Gasteiger partial charge in [-0.05, 0) is 31.2 Å². The van der Waals surface area contributed by atoms with Gasteiger partial charge in [-0.15, -0.1) is 0 Å². The summed E-state index contributed by atoms with van der Waals surface area (Å²) in [5, 5.41) is 11.9. The van der Waals surface area contributed by atoms with Crippen molar-refractivity contribution in [3.8, 4) is 22.9 Å². The Morgan fingerprint density at radius 3 is 2.20 bits per heavy atom. The zero-order valence-corrected chi connectivity index (χ0v) is 16.3. The zero-order valence-electron chi connectivity index (χ0n) is 16.3. The van der Waals surface area contributed by atoms with Gasteiger partial charge in [0.1, 0.15) is 6.07 Å². The highest BCUT2D eigenvalue weighted by molar-refractivity contribution is 6.10. The lowest BCUT2D eigenvalue weighted by atomic mass is 9.97. The molecule has 2 aromatic heterocycles. The Morgan fingerprint density at radius 2 is 1.57 bits per heavy atom. The number of fused-ring (bicyclic) bond motifs is 3. The predicted molar refractivity (Wildman–Crippen MR) is 119 cm³/mol. The van der Waals surface area contributed by atoms with Gasteiger partial charge in [-0.3, -0.25) is 9.78 Å². The molecule has 0 radical (unpaired) electrons. The number of para-hydroxylation sites is 2. The Labute approximate surface area is 173 Å². The molecule has 0 aliphatic rings. The molecule has 0 N–H and O–H groups in total. The maximum atomic E-state index is 12.2. The highest BCUT2D eigenvalue weighted by atomic mass is 16.1. The van der Waals surface area contributed by atoms with E-state index in [1.54, 1.807) is 19.3 Å². The molecule has 0 bridgehead atoms. The van der Waals surface area contributed by atoms with Crippen molar-refractivity contribution in [3.05, 3.63) is 96.3 Å². The quantitative estimate of drug-likeness (QED) is 0.361. The van der Waals surface area contributed by atoms with E-state index in [9.17, 15) is 10.1 Å². The Bertz CT molecular complexity index is 1430. The second-order valence-electron chi connectivity index (χ2n) is 7.19. The van der Waals surface area contributed by atoms with Crippen LogP contribution in [0.4, 0.5) is 0 Å². The summed E-state index contributed by atoms with van der Waals surface area (Å²) in [6.45, 7) is 1.57. The van der Waals surface area contributed by atoms with Crippen molar-refractivity contribution in [3.63, 3.8) is 0 Å². The third-order valence-electron chi connectivity index (χ3n) is 5.46. The molecule has 0 amide bonds. The van der Waals surface area contributed by atoms with Crippen molar-refractivity contribution in [2.24, 2.45) is 0 Å². The monoisotopic (exact) mass is 387 g/mol. The summed E-state index contributed by atoms with van der Waals surface area (Å²) >= 11 is 0. The van der Waals surface area contributed by atoms with Crippen molar-refractivity contribution in [2.45, 2.75) is 6.92 Å². The van der Waals surface area contributed by atoms with Gasteiger partial charge in [0.05, 0.1) is 22.3 Å². The van der Waals surface area contributed by atoms with Gasteiger partial charge in [-0.25, -0.2) is 0 Å². The number of aromatic nitrogens is 2. The molecule has 2 heterocycles. The molecule has 5 rings (SSSR count). The maximum Gasteiger partial charge on any atom is 0.159 e. The molecule has 0 aliphatic heterocycles. The van der Waals surface area contributed by atoms with Crippen LogP contribution in [0.15, 0.2) is 85.2 Å². The molecule has 4 heteroatoms. The van der Waals surface area contributed by atoms with Crippen molar-refractivity contribution in [1.29, 1.82) is 5.26 Å². The predicted octanol–water partition coefficient (Wildman–Crippen LogP) is 5.92. The topological polar surface area (TPSA) is 58.7 Å². The standard InChI is InChI=1S/C26H17N3O/c1-17(30)18-10-11-23(20-12-13-28-16-19(20)15-27)26(14-18)29-24-8-4-2-6-21(24)22-7-3-5-9-25(22)29/h2-14,16H,1H3. The molecule has 0 saturated heterocycles. The Kier molecular flexibility index (Phi) is 4.15. The van der Waals surface area contributed by atoms with Gasteiger partial charge >= 0.3 is 0 Å². The fourth-order valence-corrected chi connectivity index (χ4v) is 4.06. The number of hydrogen-bond acceptors (Lipinski definition) is 3. The summed E-state index contributed by atoms with van der Waals surface area (Å²) in [5.74, 6) is -0.00111. The summed E-state index contributed by atoms with van der Waals surface area (Å²) < 4.78 is 2.17. The minimum atomic E-state index is -0.00111. The summed E-state index contributed by atoms with van der Waals surface area (Å²) in [6.07, 6.45) is 3.26. The van der Waals surface area contributed by atoms with E-state index in [2.05, 4.69) is 39.9 Å². The van der Waals surface area contributed by atoms with Crippen LogP contribution in [0.3, 0.4) is 0 Å². The van der Waals surface area contributed by atoms with E-state index in [1.165, 1.54) is 0 Å². The minimum absolute atomic E-state index is 0.00111. The average molecular weight is 387 g/mol. The van der Waals surface area contributed by atoms with Crippen LogP contribution in [-0.2, 0) is 0 Å². The number of carbonyl (C=O) groups is 1. The Morgan fingerprint density at radius 1 is 0.900 bits per heavy atom.